The Morgan fingerprint density at radius 2 is 2.05 bits per heavy atom. The zero-order chi connectivity index (χ0) is 15.4. The van der Waals surface area contributed by atoms with Crippen LogP contribution in [0.4, 0.5) is 0 Å². The Bertz CT molecular complexity index is 795. The molecule has 0 bridgehead atoms. The van der Waals surface area contributed by atoms with Crippen LogP contribution in [0.25, 0.3) is 16.5 Å². The van der Waals surface area contributed by atoms with Gasteiger partial charge in [0.25, 0.3) is 0 Å². The van der Waals surface area contributed by atoms with E-state index in [4.69, 9.17) is 4.74 Å². The van der Waals surface area contributed by atoms with Crippen LogP contribution in [0.5, 0.6) is 0 Å². The maximum atomic E-state index is 11.5. The Morgan fingerprint density at radius 1 is 1.23 bits per heavy atom. The van der Waals surface area contributed by atoms with Crippen molar-refractivity contribution in [2.24, 2.45) is 0 Å². The molecule has 0 unspecified atom stereocenters. The van der Waals surface area contributed by atoms with E-state index in [1.807, 2.05) is 30.3 Å². The number of esters is 1. The fourth-order valence-corrected chi connectivity index (χ4v) is 2.95. The molecule has 0 spiro atoms. The zero-order valence-electron chi connectivity index (χ0n) is 12.1. The van der Waals surface area contributed by atoms with Crippen molar-refractivity contribution in [1.29, 1.82) is 0 Å². The number of aromatic nitrogens is 3. The smallest absolute Gasteiger partial charge is 0.316 e. The van der Waals surface area contributed by atoms with Gasteiger partial charge in [-0.3, -0.25) is 4.79 Å². The fraction of sp³-hybridized carbons (Fsp3) is 0.188. The second kappa shape index (κ2) is 6.62. The Kier molecular flexibility index (Phi) is 4.39. The van der Waals surface area contributed by atoms with Gasteiger partial charge in [-0.2, -0.15) is 0 Å². The van der Waals surface area contributed by atoms with Crippen LogP contribution < -0.4 is 0 Å². The standard InChI is InChI=1S/C16H15N3O2S/c1-2-21-16(20)11-22-15-10-17-18-19(15)14-9-5-7-12-6-3-4-8-13(12)14/h3-10H,2,11H2,1H3. The molecular formula is C16H15N3O2S. The van der Waals surface area contributed by atoms with Crippen molar-refractivity contribution in [3.05, 3.63) is 48.7 Å². The number of ether oxygens (including phenoxy) is 1. The summed E-state index contributed by atoms with van der Waals surface area (Å²) in [5.41, 5.74) is 0.946. The van der Waals surface area contributed by atoms with Crippen LogP contribution in [0.3, 0.4) is 0 Å². The molecule has 112 valence electrons. The Balaban J connectivity index is 1.92. The molecule has 2 aromatic carbocycles. The second-order valence-corrected chi connectivity index (χ2v) is 5.57. The minimum atomic E-state index is -0.238. The molecule has 0 aliphatic carbocycles. The summed E-state index contributed by atoms with van der Waals surface area (Å²) in [5.74, 6) is 0.00424. The molecule has 0 aliphatic rings. The number of carbonyl (C=O) groups excluding carboxylic acids is 1. The molecule has 6 heteroatoms. The van der Waals surface area contributed by atoms with Crippen LogP contribution >= 0.6 is 11.8 Å². The van der Waals surface area contributed by atoms with Crippen LogP contribution in [-0.2, 0) is 9.53 Å². The van der Waals surface area contributed by atoms with E-state index < -0.39 is 0 Å². The highest BCUT2D eigenvalue weighted by Crippen LogP contribution is 2.26. The average Bonchev–Trinajstić information content (AvgIpc) is 3.01. The third-order valence-electron chi connectivity index (χ3n) is 3.16. The minimum Gasteiger partial charge on any atom is -0.465 e. The van der Waals surface area contributed by atoms with Crippen LogP contribution in [0.1, 0.15) is 6.92 Å². The van der Waals surface area contributed by atoms with Crippen LogP contribution in [-0.4, -0.2) is 33.3 Å². The summed E-state index contributed by atoms with van der Waals surface area (Å²) in [4.78, 5) is 11.5. The van der Waals surface area contributed by atoms with E-state index >= 15 is 0 Å². The number of thioether (sulfide) groups is 1. The number of fused-ring (bicyclic) bond motifs is 1. The number of rotatable bonds is 5. The SMILES string of the molecule is CCOC(=O)CSc1cnnn1-c1cccc2ccccc12. The van der Waals surface area contributed by atoms with Crippen molar-refractivity contribution in [3.63, 3.8) is 0 Å². The first-order valence-corrected chi connectivity index (χ1v) is 7.95. The van der Waals surface area contributed by atoms with E-state index in [9.17, 15) is 4.79 Å². The number of hydrogen-bond acceptors (Lipinski definition) is 5. The lowest BCUT2D eigenvalue weighted by atomic mass is 10.1. The normalized spacial score (nSPS) is 10.8. The lowest BCUT2D eigenvalue weighted by Crippen LogP contribution is -2.07. The molecule has 0 amide bonds. The van der Waals surface area contributed by atoms with Gasteiger partial charge in [-0.15, -0.1) is 5.10 Å². The molecule has 22 heavy (non-hydrogen) atoms. The number of benzene rings is 2. The van der Waals surface area contributed by atoms with Gasteiger partial charge in [0.15, 0.2) is 0 Å². The van der Waals surface area contributed by atoms with Crippen molar-refractivity contribution < 1.29 is 9.53 Å². The van der Waals surface area contributed by atoms with Gasteiger partial charge < -0.3 is 4.74 Å². The highest BCUT2D eigenvalue weighted by Gasteiger charge is 2.12. The molecule has 3 rings (SSSR count). The first-order chi connectivity index (χ1) is 10.8. The Hall–Kier alpha value is -2.34. The van der Waals surface area contributed by atoms with Gasteiger partial charge in [0, 0.05) is 5.39 Å². The predicted octanol–water partition coefficient (Wildman–Crippen LogP) is 3.08. The number of hydrogen-bond donors (Lipinski definition) is 0. The fourth-order valence-electron chi connectivity index (χ4n) is 2.22. The first kappa shape index (κ1) is 14.6. The van der Waals surface area contributed by atoms with E-state index in [1.165, 1.54) is 11.8 Å². The van der Waals surface area contributed by atoms with Crippen molar-refractivity contribution in [1.82, 2.24) is 15.0 Å². The van der Waals surface area contributed by atoms with Crippen molar-refractivity contribution in [2.45, 2.75) is 11.9 Å². The number of nitrogens with zero attached hydrogens (tertiary/aromatic N) is 3. The summed E-state index contributed by atoms with van der Waals surface area (Å²) in [6.07, 6.45) is 1.66. The predicted molar refractivity (Wildman–Crippen MR) is 86.2 cm³/mol. The summed E-state index contributed by atoms with van der Waals surface area (Å²) >= 11 is 1.37. The molecular weight excluding hydrogens is 298 g/mol. The van der Waals surface area contributed by atoms with Crippen molar-refractivity contribution >= 4 is 28.5 Å². The molecule has 0 aliphatic heterocycles. The number of carbonyl (C=O) groups is 1. The van der Waals surface area contributed by atoms with Gasteiger partial charge in [-0.25, -0.2) is 4.68 Å². The summed E-state index contributed by atoms with van der Waals surface area (Å²) in [5, 5.41) is 11.2. The molecule has 0 radical (unpaired) electrons. The van der Waals surface area contributed by atoms with Crippen LogP contribution in [0, 0.1) is 0 Å². The van der Waals surface area contributed by atoms with E-state index in [2.05, 4.69) is 22.4 Å². The van der Waals surface area contributed by atoms with Crippen molar-refractivity contribution in [3.8, 4) is 5.69 Å². The third kappa shape index (κ3) is 2.96. The molecule has 1 aromatic heterocycles. The average molecular weight is 313 g/mol. The minimum absolute atomic E-state index is 0.238. The van der Waals surface area contributed by atoms with Gasteiger partial charge in [-0.05, 0) is 18.4 Å². The quantitative estimate of drug-likeness (QED) is 0.535. The molecule has 5 nitrogen and oxygen atoms in total. The van der Waals surface area contributed by atoms with Gasteiger partial charge >= 0.3 is 5.97 Å². The molecule has 0 N–H and O–H groups in total. The largest absolute Gasteiger partial charge is 0.465 e. The lowest BCUT2D eigenvalue weighted by molar-refractivity contribution is -0.139. The van der Waals surface area contributed by atoms with Gasteiger partial charge in [0.2, 0.25) is 0 Å². The maximum Gasteiger partial charge on any atom is 0.316 e. The van der Waals surface area contributed by atoms with E-state index in [0.717, 1.165) is 21.5 Å². The van der Waals surface area contributed by atoms with Crippen LogP contribution in [0.15, 0.2) is 53.7 Å². The molecule has 0 fully saturated rings. The Labute approximate surface area is 132 Å². The van der Waals surface area contributed by atoms with Gasteiger partial charge in [0.1, 0.15) is 5.03 Å². The first-order valence-electron chi connectivity index (χ1n) is 6.97. The second-order valence-electron chi connectivity index (χ2n) is 4.58. The van der Waals surface area contributed by atoms with E-state index in [1.54, 1.807) is 17.8 Å². The monoisotopic (exact) mass is 313 g/mol. The van der Waals surface area contributed by atoms with Crippen molar-refractivity contribution in [2.75, 3.05) is 12.4 Å². The third-order valence-corrected chi connectivity index (χ3v) is 4.11. The highest BCUT2D eigenvalue weighted by atomic mass is 32.2. The lowest BCUT2D eigenvalue weighted by Gasteiger charge is -2.09. The zero-order valence-corrected chi connectivity index (χ0v) is 12.9. The maximum absolute atomic E-state index is 11.5. The topological polar surface area (TPSA) is 57.0 Å². The summed E-state index contributed by atoms with van der Waals surface area (Å²) in [6, 6.07) is 14.1. The molecule has 0 atom stereocenters. The van der Waals surface area contributed by atoms with E-state index in [0.29, 0.717) is 6.61 Å². The molecule has 0 saturated carbocycles. The molecule has 3 aromatic rings. The highest BCUT2D eigenvalue weighted by molar-refractivity contribution is 7.99. The molecule has 0 saturated heterocycles. The van der Waals surface area contributed by atoms with Gasteiger partial charge in [0.05, 0.1) is 24.2 Å². The van der Waals surface area contributed by atoms with Crippen LogP contribution in [0.2, 0.25) is 0 Å². The summed E-state index contributed by atoms with van der Waals surface area (Å²) in [6.45, 7) is 2.19. The summed E-state index contributed by atoms with van der Waals surface area (Å²) in [7, 11) is 0. The molecule has 1 heterocycles. The summed E-state index contributed by atoms with van der Waals surface area (Å²) < 4.78 is 6.70. The van der Waals surface area contributed by atoms with E-state index in [-0.39, 0.29) is 11.7 Å². The van der Waals surface area contributed by atoms with Gasteiger partial charge in [-0.1, -0.05) is 53.4 Å². The Morgan fingerprint density at radius 3 is 2.91 bits per heavy atom.